The highest BCUT2D eigenvalue weighted by molar-refractivity contribution is 6.11. The molecule has 0 aliphatic heterocycles. The monoisotopic (exact) mass is 410 g/mol. The largest absolute Gasteiger partial charge is 0.457 e. The summed E-state index contributed by atoms with van der Waals surface area (Å²) in [5.74, 6) is 1.01. The van der Waals surface area contributed by atoms with E-state index in [-0.39, 0.29) is 22.7 Å². The molecule has 0 aliphatic carbocycles. The van der Waals surface area contributed by atoms with Crippen molar-refractivity contribution in [3.05, 3.63) is 127 Å². The molecule has 156 valence electrons. The smallest absolute Gasteiger partial charge is 0.191 e. The Hall–Kier alpha value is -3.98. The van der Waals surface area contributed by atoms with Crippen LogP contribution in [0, 0.1) is 6.92 Å². The highest BCUT2D eigenvalue weighted by Crippen LogP contribution is 2.24. The van der Waals surface area contributed by atoms with Crippen LogP contribution in [0.3, 0.4) is 0 Å². The summed E-state index contributed by atoms with van der Waals surface area (Å²) in [6.07, 6.45) is 6.26. The van der Waals surface area contributed by atoms with Gasteiger partial charge in [-0.05, 0) is 49.2 Å². The van der Waals surface area contributed by atoms with Gasteiger partial charge in [0.05, 0.1) is 0 Å². The highest BCUT2D eigenvalue weighted by Gasteiger charge is 2.07. The molecule has 0 fully saturated rings. The van der Waals surface area contributed by atoms with Crippen LogP contribution in [-0.2, 0) is 9.59 Å². The van der Waals surface area contributed by atoms with Gasteiger partial charge in [-0.15, -0.1) is 0 Å². The number of carbonyl (C=O) groups is 2. The fraction of sp³-hybridized carbons (Fsp3) is 0.0714. The van der Waals surface area contributed by atoms with Crippen LogP contribution >= 0.6 is 0 Å². The summed E-state index contributed by atoms with van der Waals surface area (Å²) < 4.78 is 5.83. The second-order valence-corrected chi connectivity index (χ2v) is 7.09. The van der Waals surface area contributed by atoms with Crippen LogP contribution in [0.15, 0.2) is 116 Å². The lowest BCUT2D eigenvalue weighted by Gasteiger charge is -2.07. The molecule has 2 aromatic rings. The molecule has 0 bridgehead atoms. The second-order valence-electron chi connectivity index (χ2n) is 7.09. The van der Waals surface area contributed by atoms with Crippen LogP contribution in [0.1, 0.15) is 18.1 Å². The minimum Gasteiger partial charge on any atom is -0.457 e. The van der Waals surface area contributed by atoms with Crippen molar-refractivity contribution in [2.24, 2.45) is 0 Å². The number of hydrogen-bond donors (Lipinski definition) is 0. The van der Waals surface area contributed by atoms with Gasteiger partial charge in [-0.25, -0.2) is 0 Å². The number of Topliss-reactive ketones (excluding diaryl/α,β-unsaturated/α-hetero) is 2. The summed E-state index contributed by atoms with van der Waals surface area (Å²) >= 11 is 0. The van der Waals surface area contributed by atoms with Crippen molar-refractivity contribution in [1.82, 2.24) is 0 Å². The molecule has 0 atom stereocenters. The van der Waals surface area contributed by atoms with E-state index in [0.717, 1.165) is 22.6 Å². The lowest BCUT2D eigenvalue weighted by atomic mass is 10.0. The van der Waals surface area contributed by atoms with Gasteiger partial charge < -0.3 is 4.74 Å². The van der Waals surface area contributed by atoms with Crippen LogP contribution in [0.5, 0.6) is 11.5 Å². The zero-order valence-electron chi connectivity index (χ0n) is 18.0. The van der Waals surface area contributed by atoms with Gasteiger partial charge in [0.1, 0.15) is 11.5 Å². The van der Waals surface area contributed by atoms with Crippen molar-refractivity contribution in [1.29, 1.82) is 0 Å². The van der Waals surface area contributed by atoms with Gasteiger partial charge in [-0.2, -0.15) is 0 Å². The summed E-state index contributed by atoms with van der Waals surface area (Å²) in [5, 5.41) is 0. The van der Waals surface area contributed by atoms with Crippen molar-refractivity contribution in [3.8, 4) is 11.5 Å². The number of carbonyl (C=O) groups excluding carboxylic acids is 2. The van der Waals surface area contributed by atoms with Crippen molar-refractivity contribution in [2.75, 3.05) is 0 Å². The fourth-order valence-corrected chi connectivity index (χ4v) is 2.45. The van der Waals surface area contributed by atoms with E-state index in [1.807, 2.05) is 55.5 Å². The van der Waals surface area contributed by atoms with Crippen molar-refractivity contribution < 1.29 is 14.3 Å². The van der Waals surface area contributed by atoms with E-state index in [1.54, 1.807) is 12.2 Å². The Morgan fingerprint density at radius 1 is 0.710 bits per heavy atom. The molecule has 3 heteroatoms. The van der Waals surface area contributed by atoms with Gasteiger partial charge in [-0.1, -0.05) is 80.4 Å². The van der Waals surface area contributed by atoms with Gasteiger partial charge in [-0.3, -0.25) is 9.59 Å². The Kier molecular flexibility index (Phi) is 8.04. The molecule has 0 aliphatic rings. The van der Waals surface area contributed by atoms with Gasteiger partial charge in [0.25, 0.3) is 0 Å². The van der Waals surface area contributed by atoms with Crippen LogP contribution < -0.4 is 4.74 Å². The predicted octanol–water partition coefficient (Wildman–Crippen LogP) is 6.74. The molecule has 0 saturated heterocycles. The number of ether oxygens (including phenoxy) is 1. The van der Waals surface area contributed by atoms with Crippen molar-refractivity contribution >= 4 is 17.1 Å². The Labute approximate surface area is 184 Å². The molecule has 0 amide bonds. The van der Waals surface area contributed by atoms with E-state index in [4.69, 9.17) is 4.74 Å². The number of aryl methyl sites for hydroxylation is 1. The first-order chi connectivity index (χ1) is 14.7. The lowest BCUT2D eigenvalue weighted by molar-refractivity contribution is -0.113. The minimum atomic E-state index is -0.321. The van der Waals surface area contributed by atoms with Gasteiger partial charge in [0.2, 0.25) is 0 Å². The molecule has 0 aromatic heterocycles. The van der Waals surface area contributed by atoms with Crippen molar-refractivity contribution in [2.45, 2.75) is 13.8 Å². The van der Waals surface area contributed by atoms with Crippen LogP contribution in [0.2, 0.25) is 0 Å². The van der Waals surface area contributed by atoms with Crippen molar-refractivity contribution in [3.63, 3.8) is 0 Å². The lowest BCUT2D eigenvalue weighted by Crippen LogP contribution is -2.01. The molecule has 0 spiro atoms. The first kappa shape index (κ1) is 23.3. The molecule has 0 N–H and O–H groups in total. The molecule has 31 heavy (non-hydrogen) atoms. The van der Waals surface area contributed by atoms with Crippen LogP contribution in [0.25, 0.3) is 5.57 Å². The summed E-state index contributed by atoms with van der Waals surface area (Å²) in [5.41, 5.74) is 3.58. The molecule has 0 unspecified atom stereocenters. The SMILES string of the molecule is C=C(/C=C\C(=C)C(=O)C(=C)/C=C\C(=C)c1ccc(Oc2ccc(C)cc2)cc1)C(C)=O. The van der Waals surface area contributed by atoms with E-state index in [0.29, 0.717) is 5.57 Å². The molecule has 0 radical (unpaired) electrons. The molecule has 0 heterocycles. The predicted molar refractivity (Wildman–Crippen MR) is 128 cm³/mol. The molecule has 2 rings (SSSR count). The van der Waals surface area contributed by atoms with E-state index in [1.165, 1.54) is 24.6 Å². The van der Waals surface area contributed by atoms with Gasteiger partial charge in [0.15, 0.2) is 11.6 Å². The average molecular weight is 411 g/mol. The summed E-state index contributed by atoms with van der Waals surface area (Å²) in [7, 11) is 0. The molecule has 3 nitrogen and oxygen atoms in total. The van der Waals surface area contributed by atoms with Crippen LogP contribution in [0.4, 0.5) is 0 Å². The maximum atomic E-state index is 12.4. The summed E-state index contributed by atoms with van der Waals surface area (Å²) in [6.45, 7) is 18.6. The van der Waals surface area contributed by atoms with E-state index < -0.39 is 0 Å². The second kappa shape index (κ2) is 10.7. The first-order valence-corrected chi connectivity index (χ1v) is 9.69. The third kappa shape index (κ3) is 7.09. The highest BCUT2D eigenvalue weighted by atomic mass is 16.5. The zero-order valence-corrected chi connectivity index (χ0v) is 18.0. The van der Waals surface area contributed by atoms with E-state index in [9.17, 15) is 9.59 Å². The normalized spacial score (nSPS) is 10.8. The third-order valence-electron chi connectivity index (χ3n) is 4.49. The van der Waals surface area contributed by atoms with Crippen LogP contribution in [-0.4, -0.2) is 11.6 Å². The summed E-state index contributed by atoms with van der Waals surface area (Å²) in [4.78, 5) is 23.5. The topological polar surface area (TPSA) is 43.4 Å². The molecular formula is C28H26O3. The standard InChI is InChI=1S/C28H26O3/c1-19-7-15-26(16-8-19)31-27-17-13-25(14-18-27)21(3)10-12-23(5)28(30)22(4)11-9-20(2)24(6)29/h7-18H,2-5H2,1,6H3/b11-9-,12-10-. The maximum Gasteiger partial charge on any atom is 0.191 e. The number of hydrogen-bond acceptors (Lipinski definition) is 3. The molecule has 0 saturated carbocycles. The van der Waals surface area contributed by atoms with E-state index in [2.05, 4.69) is 26.3 Å². The molecular weight excluding hydrogens is 384 g/mol. The number of ketones is 2. The number of benzene rings is 2. The number of allylic oxidation sites excluding steroid dienone is 8. The Bertz CT molecular complexity index is 1090. The fourth-order valence-electron chi connectivity index (χ4n) is 2.45. The quantitative estimate of drug-likeness (QED) is 0.322. The van der Waals surface area contributed by atoms with Gasteiger partial charge >= 0.3 is 0 Å². The van der Waals surface area contributed by atoms with E-state index >= 15 is 0 Å². The number of rotatable bonds is 10. The zero-order chi connectivity index (χ0) is 23.0. The summed E-state index contributed by atoms with van der Waals surface area (Å²) in [6, 6.07) is 15.4. The van der Waals surface area contributed by atoms with Gasteiger partial charge in [0, 0.05) is 16.7 Å². The Morgan fingerprint density at radius 3 is 1.68 bits per heavy atom. The Morgan fingerprint density at radius 2 is 1.16 bits per heavy atom. The molecule has 2 aromatic carbocycles. The third-order valence-corrected chi connectivity index (χ3v) is 4.49. The maximum absolute atomic E-state index is 12.4. The minimum absolute atomic E-state index is 0.165. The average Bonchev–Trinajstić information content (AvgIpc) is 2.76. The Balaban J connectivity index is 1.97. The first-order valence-electron chi connectivity index (χ1n) is 9.69.